The fraction of sp³-hybridized carbons (Fsp3) is 0.667. The summed E-state index contributed by atoms with van der Waals surface area (Å²) in [6.45, 7) is 9.24. The van der Waals surface area contributed by atoms with E-state index in [9.17, 15) is 37.5 Å². The maximum atomic E-state index is 13.0. The first-order valence-corrected chi connectivity index (χ1v) is 19.2. The van der Waals surface area contributed by atoms with Gasteiger partial charge in [0.2, 0.25) is 0 Å². The zero-order chi connectivity index (χ0) is 35.5. The van der Waals surface area contributed by atoms with Crippen molar-refractivity contribution in [2.24, 2.45) is 0 Å². The Hall–Kier alpha value is -0.510. The highest BCUT2D eigenvalue weighted by Gasteiger charge is 2.42. The number of ether oxygens (including phenoxy) is 6. The first kappa shape index (κ1) is 45.5. The molecule has 0 rings (SSSR count). The second-order valence-electron chi connectivity index (χ2n) is 8.05. The Labute approximate surface area is 263 Å². The molecule has 28 heteroatoms. The summed E-state index contributed by atoms with van der Waals surface area (Å²) in [6.07, 6.45) is 0. The van der Waals surface area contributed by atoms with Crippen LogP contribution in [0.1, 0.15) is 13.8 Å². The number of rotatable bonds is 30. The molecule has 5 atom stereocenters. The second kappa shape index (κ2) is 22.3. The maximum Gasteiger partial charge on any atom is 0.540 e. The van der Waals surface area contributed by atoms with Gasteiger partial charge in [-0.15, -0.1) is 0 Å². The van der Waals surface area contributed by atoms with Crippen LogP contribution in [0.4, 0.5) is 0 Å². The molecule has 23 nitrogen and oxygen atoms in total. The molecule has 0 amide bonds. The predicted molar refractivity (Wildman–Crippen MR) is 151 cm³/mol. The van der Waals surface area contributed by atoms with Crippen molar-refractivity contribution in [3.05, 3.63) is 36.6 Å². The predicted octanol–water partition coefficient (Wildman–Crippen LogP) is 3.77. The third-order valence-electron chi connectivity index (χ3n) is 3.44. The average molecular weight is 776 g/mol. The molecule has 0 heterocycles. The normalized spacial score (nSPS) is 18.3. The van der Waals surface area contributed by atoms with Gasteiger partial charge in [0.15, 0.2) is 20.4 Å². The van der Waals surface area contributed by atoms with E-state index in [1.54, 1.807) is 13.8 Å². The van der Waals surface area contributed by atoms with Crippen LogP contribution >= 0.6 is 39.1 Å². The SMILES string of the molecule is C=C(C)COCOCOP(=O)(O)OP(=O)(OCOCOCC(=C)C)OC(=C)COCOCOP(=O)(O)OP(=O)(O)OP(=O)(O)OC. The molecule has 0 aliphatic heterocycles. The van der Waals surface area contributed by atoms with Crippen LogP contribution in [-0.2, 0) is 86.8 Å². The molecule has 0 bridgehead atoms. The fourth-order valence-electron chi connectivity index (χ4n) is 1.91. The van der Waals surface area contributed by atoms with Gasteiger partial charge in [-0.3, -0.25) is 13.6 Å². The molecule has 0 aliphatic carbocycles. The van der Waals surface area contributed by atoms with Crippen LogP contribution in [0.3, 0.4) is 0 Å². The van der Waals surface area contributed by atoms with Gasteiger partial charge in [0.1, 0.15) is 32.7 Å². The van der Waals surface area contributed by atoms with E-state index in [1.807, 2.05) is 0 Å². The van der Waals surface area contributed by atoms with Gasteiger partial charge in [0.05, 0.1) is 13.2 Å². The molecule has 0 aromatic rings. The van der Waals surface area contributed by atoms with Crippen molar-refractivity contribution in [1.29, 1.82) is 0 Å². The Morgan fingerprint density at radius 1 is 0.522 bits per heavy atom. The van der Waals surface area contributed by atoms with Crippen molar-refractivity contribution in [3.63, 3.8) is 0 Å². The lowest BCUT2D eigenvalue weighted by Crippen LogP contribution is -2.10. The van der Waals surface area contributed by atoms with Crippen molar-refractivity contribution >= 4 is 39.1 Å². The molecule has 5 unspecified atom stereocenters. The van der Waals surface area contributed by atoms with Crippen molar-refractivity contribution in [2.75, 3.05) is 67.7 Å². The summed E-state index contributed by atoms with van der Waals surface area (Å²) >= 11 is 0. The van der Waals surface area contributed by atoms with E-state index in [4.69, 9.17) is 37.6 Å². The van der Waals surface area contributed by atoms with Crippen LogP contribution in [0.2, 0.25) is 0 Å². The fourth-order valence-corrected chi connectivity index (χ4v) is 7.40. The topological polar surface area (TPSA) is 295 Å². The molecule has 0 radical (unpaired) electrons. The van der Waals surface area contributed by atoms with Crippen molar-refractivity contribution in [1.82, 2.24) is 0 Å². The van der Waals surface area contributed by atoms with Gasteiger partial charge in [-0.2, -0.15) is 12.9 Å². The van der Waals surface area contributed by atoms with Gasteiger partial charge in [-0.05, 0) is 13.8 Å². The van der Waals surface area contributed by atoms with Crippen LogP contribution in [0.25, 0.3) is 0 Å². The van der Waals surface area contributed by atoms with Crippen LogP contribution in [0, 0.1) is 0 Å². The zero-order valence-electron chi connectivity index (χ0n) is 24.8. The highest BCUT2D eigenvalue weighted by Crippen LogP contribution is 2.67. The van der Waals surface area contributed by atoms with E-state index in [-0.39, 0.29) is 26.8 Å². The highest BCUT2D eigenvalue weighted by molar-refractivity contribution is 7.66. The molecule has 0 aliphatic rings. The van der Waals surface area contributed by atoms with Gasteiger partial charge in [-0.25, -0.2) is 27.3 Å². The molecule has 4 N–H and O–H groups in total. The van der Waals surface area contributed by atoms with E-state index in [0.29, 0.717) is 18.3 Å². The third kappa shape index (κ3) is 25.5. The van der Waals surface area contributed by atoms with Crippen molar-refractivity contribution in [3.8, 4) is 0 Å². The van der Waals surface area contributed by atoms with Crippen LogP contribution in [0.5, 0.6) is 0 Å². The molecule has 0 spiro atoms. The molecule has 46 heavy (non-hydrogen) atoms. The van der Waals surface area contributed by atoms with E-state index < -0.39 is 78.7 Å². The lowest BCUT2D eigenvalue weighted by molar-refractivity contribution is -0.109. The second-order valence-corrected chi connectivity index (χ2v) is 16.0. The molecule has 0 aromatic heterocycles. The van der Waals surface area contributed by atoms with Crippen molar-refractivity contribution < 1.29 is 106 Å². The summed E-state index contributed by atoms with van der Waals surface area (Å²) < 4.78 is 124. The first-order chi connectivity index (χ1) is 21.1. The van der Waals surface area contributed by atoms with Crippen LogP contribution in [0.15, 0.2) is 36.6 Å². The molecule has 0 aromatic carbocycles. The van der Waals surface area contributed by atoms with Gasteiger partial charge in [0, 0.05) is 7.11 Å². The van der Waals surface area contributed by atoms with Crippen LogP contribution in [-0.4, -0.2) is 87.3 Å². The Balaban J connectivity index is 4.88. The Morgan fingerprint density at radius 3 is 1.35 bits per heavy atom. The Kier molecular flexibility index (Phi) is 22.0. The minimum atomic E-state index is -5.62. The molecule has 0 fully saturated rings. The standard InChI is InChI=1S/C18H37O23P5/c1-16(2)7-29-10-32-14-36-44(23,24)41-46(27,37-15-34-11-30-8-17(3)4)38-18(5)9-31-12-33-13-35-43(21,22)40-45(25,26)39-42(19,20)28-6/h1,3,5,7-15H2,2,4,6H3,(H,19,20)(H,21,22)(H,23,24)(H,25,26). The average Bonchev–Trinajstić information content (AvgIpc) is 2.88. The number of hydrogen-bond donors (Lipinski definition) is 4. The molecule has 0 saturated carbocycles. The molecule has 0 saturated heterocycles. The third-order valence-corrected chi connectivity index (χ3v) is 10.6. The number of phosphoric ester groups is 4. The van der Waals surface area contributed by atoms with Crippen molar-refractivity contribution in [2.45, 2.75) is 13.8 Å². The number of hydrogen-bond acceptors (Lipinski definition) is 19. The summed E-state index contributed by atoms with van der Waals surface area (Å²) in [4.78, 5) is 37.6. The highest BCUT2D eigenvalue weighted by atomic mass is 31.3. The Morgan fingerprint density at radius 2 is 0.913 bits per heavy atom. The molecular formula is C18H37O23P5. The number of phosphoric acid groups is 5. The summed E-state index contributed by atoms with van der Waals surface area (Å²) in [7, 11) is -25.7. The zero-order valence-corrected chi connectivity index (χ0v) is 29.2. The van der Waals surface area contributed by atoms with Gasteiger partial charge in [0.25, 0.3) is 0 Å². The van der Waals surface area contributed by atoms with E-state index in [0.717, 1.165) is 0 Å². The van der Waals surface area contributed by atoms with Gasteiger partial charge >= 0.3 is 39.1 Å². The first-order valence-electron chi connectivity index (χ1n) is 11.8. The maximum absolute atomic E-state index is 13.0. The van der Waals surface area contributed by atoms with E-state index in [1.165, 1.54) is 0 Å². The summed E-state index contributed by atoms with van der Waals surface area (Å²) in [6, 6.07) is 0. The van der Waals surface area contributed by atoms with Gasteiger partial charge in [-0.1, -0.05) is 30.9 Å². The summed E-state index contributed by atoms with van der Waals surface area (Å²) in [5.41, 5.74) is 1.35. The molecule has 272 valence electrons. The largest absolute Gasteiger partial charge is 0.540 e. The quantitative estimate of drug-likeness (QED) is 0.0265. The lowest BCUT2D eigenvalue weighted by Gasteiger charge is -2.21. The minimum Gasteiger partial charge on any atom is -0.406 e. The van der Waals surface area contributed by atoms with Gasteiger partial charge < -0.3 is 52.5 Å². The van der Waals surface area contributed by atoms with E-state index >= 15 is 0 Å². The van der Waals surface area contributed by atoms with Crippen LogP contribution < -0.4 is 0 Å². The molecular weight excluding hydrogens is 739 g/mol. The monoisotopic (exact) mass is 776 g/mol. The smallest absolute Gasteiger partial charge is 0.406 e. The summed E-state index contributed by atoms with van der Waals surface area (Å²) in [5.74, 6) is -0.545. The lowest BCUT2D eigenvalue weighted by atomic mass is 10.4. The Bertz CT molecular complexity index is 1210. The minimum absolute atomic E-state index is 0.127. The summed E-state index contributed by atoms with van der Waals surface area (Å²) in [5, 5.41) is 0. The van der Waals surface area contributed by atoms with E-state index in [2.05, 4.69) is 51.0 Å².